The SMILES string of the molecule is Cc1cc(C)c(-c2cccc(-c3cc(C4CCCCC4)c(C)c[n+]3C)c2C)c(C)c1.Cc1cc(C)c(-c2cccc(-c3cc(C4CCCCC4)cc[n+]3C)c2C)c(C)c1.Cc1cc(C)c(-c2cccc(-c3cc(CC(C)(C)C)c(C)c[n+]3C)c2C)c(C)c1.Cc1ccc(-c2cccc(-c3cc(CC(C)(C)C)c(C(C)C)c[n+]3C)c2C)c(C)c1. The first-order valence-corrected chi connectivity index (χ1v) is 44.5. The summed E-state index contributed by atoms with van der Waals surface area (Å²) in [5.41, 5.74) is 52.5. The van der Waals surface area contributed by atoms with Crippen LogP contribution in [-0.2, 0) is 41.0 Å². The molecule has 4 aromatic heterocycles. The van der Waals surface area contributed by atoms with E-state index >= 15 is 0 Å². The van der Waals surface area contributed by atoms with Crippen molar-refractivity contribution in [2.75, 3.05) is 0 Å². The van der Waals surface area contributed by atoms with Crippen LogP contribution in [0, 0.1) is 129 Å². The summed E-state index contributed by atoms with van der Waals surface area (Å²) < 4.78 is 9.20. The maximum absolute atomic E-state index is 2.49. The lowest BCUT2D eigenvalue weighted by atomic mass is 9.82. The predicted molar refractivity (Wildman–Crippen MR) is 507 cm³/mol. The summed E-state index contributed by atoms with van der Waals surface area (Å²) in [5.74, 6) is 1.97. The zero-order valence-corrected chi connectivity index (χ0v) is 78.3. The molecule has 2 aliphatic rings. The Labute approximate surface area is 715 Å². The molecule has 0 radical (unpaired) electrons. The molecule has 0 N–H and O–H groups in total. The van der Waals surface area contributed by atoms with Gasteiger partial charge in [-0.05, 0) is 337 Å². The second-order valence-electron chi connectivity index (χ2n) is 38.9. The van der Waals surface area contributed by atoms with Gasteiger partial charge in [-0.15, -0.1) is 0 Å². The topological polar surface area (TPSA) is 15.5 Å². The van der Waals surface area contributed by atoms with Gasteiger partial charge in [0.1, 0.15) is 28.2 Å². The first-order valence-electron chi connectivity index (χ1n) is 44.5. The Balaban J connectivity index is 0.000000154. The van der Waals surface area contributed by atoms with Crippen molar-refractivity contribution >= 4 is 0 Å². The van der Waals surface area contributed by atoms with Gasteiger partial charge in [0.15, 0.2) is 24.8 Å². The zero-order chi connectivity index (χ0) is 85.7. The molecule has 2 aliphatic carbocycles. The molecule has 616 valence electrons. The minimum atomic E-state index is 0.261. The molecule has 0 saturated heterocycles. The number of aryl methyl sites for hydroxylation is 17. The molecule has 2 fully saturated rings. The highest BCUT2D eigenvalue weighted by Crippen LogP contribution is 2.43. The molecule has 4 nitrogen and oxygen atoms in total. The van der Waals surface area contributed by atoms with Crippen molar-refractivity contribution in [3.8, 4) is 89.5 Å². The Morgan fingerprint density at radius 3 is 1.04 bits per heavy atom. The van der Waals surface area contributed by atoms with E-state index in [-0.39, 0.29) is 10.8 Å². The summed E-state index contributed by atoms with van der Waals surface area (Å²) in [7, 11) is 8.72. The van der Waals surface area contributed by atoms with Gasteiger partial charge in [-0.3, -0.25) is 0 Å². The van der Waals surface area contributed by atoms with E-state index in [4.69, 9.17) is 0 Å². The van der Waals surface area contributed by atoms with Crippen LogP contribution in [0.5, 0.6) is 0 Å². The fraction of sp³-hybridized carbons (Fsp3) is 0.404. The summed E-state index contributed by atoms with van der Waals surface area (Å²) in [6, 6.07) is 59.8. The lowest BCUT2D eigenvalue weighted by molar-refractivity contribution is -0.661. The van der Waals surface area contributed by atoms with Crippen LogP contribution in [0.2, 0.25) is 0 Å². The van der Waals surface area contributed by atoms with Crippen molar-refractivity contribution in [3.05, 3.63) is 305 Å². The number of hydrogen-bond acceptors (Lipinski definition) is 0. The molecule has 118 heavy (non-hydrogen) atoms. The number of nitrogens with zero attached hydrogens (tertiary/aromatic N) is 4. The van der Waals surface area contributed by atoms with E-state index in [2.05, 4.69) is 402 Å². The quantitative estimate of drug-likeness (QED) is 0.102. The lowest BCUT2D eigenvalue weighted by Gasteiger charge is -2.23. The van der Waals surface area contributed by atoms with Gasteiger partial charge < -0.3 is 0 Å². The Morgan fingerprint density at radius 1 is 0.297 bits per heavy atom. The number of hydrogen-bond donors (Lipinski definition) is 0. The smallest absolute Gasteiger partial charge is 0.201 e. The Kier molecular flexibility index (Phi) is 28.5. The van der Waals surface area contributed by atoms with Gasteiger partial charge in [0.25, 0.3) is 0 Å². The van der Waals surface area contributed by atoms with Crippen LogP contribution >= 0.6 is 0 Å². The summed E-state index contributed by atoms with van der Waals surface area (Å²) in [4.78, 5) is 0. The van der Waals surface area contributed by atoms with E-state index < -0.39 is 0 Å². The van der Waals surface area contributed by atoms with E-state index in [0.29, 0.717) is 5.92 Å². The molecule has 4 heteroatoms. The van der Waals surface area contributed by atoms with Crippen LogP contribution in [0.25, 0.3) is 89.5 Å². The number of benzene rings is 8. The number of pyridine rings is 4. The molecule has 4 heterocycles. The summed E-state index contributed by atoms with van der Waals surface area (Å²) in [6.45, 7) is 56.5. The normalized spacial score (nSPS) is 13.4. The van der Waals surface area contributed by atoms with Gasteiger partial charge in [-0.1, -0.05) is 219 Å². The van der Waals surface area contributed by atoms with E-state index in [0.717, 1.165) is 24.7 Å². The van der Waals surface area contributed by atoms with E-state index in [1.54, 1.807) is 5.56 Å². The highest BCUT2D eigenvalue weighted by Gasteiger charge is 2.29. The van der Waals surface area contributed by atoms with Gasteiger partial charge in [-0.25, -0.2) is 18.3 Å². The first-order chi connectivity index (χ1) is 55.8. The van der Waals surface area contributed by atoms with Gasteiger partial charge in [-0.2, -0.15) is 0 Å². The maximum atomic E-state index is 2.49. The van der Waals surface area contributed by atoms with Crippen LogP contribution in [-0.4, -0.2) is 0 Å². The summed E-state index contributed by atoms with van der Waals surface area (Å²) in [6.07, 6.45) is 25.1. The molecule has 0 spiro atoms. The average Bonchev–Trinajstić information content (AvgIpc) is 0.739. The van der Waals surface area contributed by atoms with Crippen molar-refractivity contribution in [2.45, 2.75) is 268 Å². The molecule has 14 rings (SSSR count). The van der Waals surface area contributed by atoms with Crippen LogP contribution in [0.4, 0.5) is 0 Å². The Bertz CT molecular complexity index is 5570. The third-order valence-electron chi connectivity index (χ3n) is 25.8. The Morgan fingerprint density at radius 2 is 0.636 bits per heavy atom. The highest BCUT2D eigenvalue weighted by atomic mass is 14.9. The third-order valence-corrected chi connectivity index (χ3v) is 25.8. The fourth-order valence-electron chi connectivity index (χ4n) is 20.2. The molecule has 0 bridgehead atoms. The van der Waals surface area contributed by atoms with E-state index in [9.17, 15) is 0 Å². The van der Waals surface area contributed by atoms with Crippen molar-refractivity contribution in [1.82, 2.24) is 0 Å². The fourth-order valence-corrected chi connectivity index (χ4v) is 20.2. The first kappa shape index (κ1) is 89.2. The Hall–Kier alpha value is -9.64. The van der Waals surface area contributed by atoms with Gasteiger partial charge in [0, 0.05) is 69.3 Å². The molecule has 0 aliphatic heterocycles. The molecule has 0 unspecified atom stereocenters. The number of aromatic nitrogens is 4. The van der Waals surface area contributed by atoms with Crippen molar-refractivity contribution < 1.29 is 18.3 Å². The molecular formula is C114H144N4+4. The van der Waals surface area contributed by atoms with Gasteiger partial charge in [0.2, 0.25) is 22.8 Å². The van der Waals surface area contributed by atoms with Crippen molar-refractivity contribution in [1.29, 1.82) is 0 Å². The predicted octanol–water partition coefficient (Wildman–Crippen LogP) is 29.0. The van der Waals surface area contributed by atoms with Crippen molar-refractivity contribution in [3.63, 3.8) is 0 Å². The largest absolute Gasteiger partial charge is 0.212 e. The minimum Gasteiger partial charge on any atom is -0.201 e. The van der Waals surface area contributed by atoms with E-state index in [1.165, 1.54) is 271 Å². The average molecular weight is 1570 g/mol. The summed E-state index contributed by atoms with van der Waals surface area (Å²) in [5, 5.41) is 0. The van der Waals surface area contributed by atoms with Crippen LogP contribution in [0.1, 0.15) is 260 Å². The van der Waals surface area contributed by atoms with Crippen LogP contribution in [0.3, 0.4) is 0 Å². The number of rotatable bonds is 13. The van der Waals surface area contributed by atoms with Gasteiger partial charge >= 0.3 is 0 Å². The molecule has 0 atom stereocenters. The van der Waals surface area contributed by atoms with Crippen molar-refractivity contribution in [2.24, 2.45) is 39.0 Å². The summed E-state index contributed by atoms with van der Waals surface area (Å²) >= 11 is 0. The maximum Gasteiger partial charge on any atom is 0.212 e. The van der Waals surface area contributed by atoms with Crippen LogP contribution < -0.4 is 18.3 Å². The molecule has 12 aromatic rings. The molecule has 8 aromatic carbocycles. The molecule has 2 saturated carbocycles. The minimum absolute atomic E-state index is 0.261. The monoisotopic (exact) mass is 1570 g/mol. The lowest BCUT2D eigenvalue weighted by Crippen LogP contribution is -2.33. The molecular weight excluding hydrogens is 1430 g/mol. The second-order valence-corrected chi connectivity index (χ2v) is 38.9. The highest BCUT2D eigenvalue weighted by molar-refractivity contribution is 5.84. The van der Waals surface area contributed by atoms with E-state index in [1.807, 2.05) is 0 Å². The third kappa shape index (κ3) is 20.8. The van der Waals surface area contributed by atoms with Crippen LogP contribution in [0.15, 0.2) is 183 Å². The zero-order valence-electron chi connectivity index (χ0n) is 78.3. The van der Waals surface area contributed by atoms with Gasteiger partial charge in [0.05, 0.1) is 0 Å². The second kappa shape index (κ2) is 37.8. The standard InChI is InChI=1S/C29H36N.C29H38N.C28H34N.C28H36N/c1-19-15-20(2)29(21(3)16-19)26-14-10-13-25(23(26)5)28-17-27(22(4)18-30(28)6)24-11-8-7-9-12-24;1-19(2)27-18-30(9)28(16-23(27)17-29(6,7)8)26-12-10-11-25(22(26)5)24-14-13-20(3)15-21(24)4;1-19-16-20(2)28(21(3)17-19)26-13-9-12-25(22(26)4)27-18-24(14-15-29(27)5)23-10-7-6-8-11-23;1-18-13-19(2)27(20(3)14-18)25-12-10-11-24(22(25)5)26-15-23(16-28(6,7)8)21(4)17-29(26)9/h10,13-18,24H,7-9,11-12H2,1-6H3;10-16,18-19H,17H2,1-9H3;9,12-18,23H,6-8,10-11H2,1-5H3;10-15,17H,16H2,1-9H3/q4*+1. The molecule has 0 amide bonds.